The number of halogens is 5. The summed E-state index contributed by atoms with van der Waals surface area (Å²) in [5.74, 6) is -17.5. The lowest BCUT2D eigenvalue weighted by Gasteiger charge is -2.25. The van der Waals surface area contributed by atoms with Crippen LogP contribution in [0.5, 0.6) is 0 Å². The topological polar surface area (TPSA) is 129 Å². The van der Waals surface area contributed by atoms with Gasteiger partial charge in [0.25, 0.3) is 0 Å². The molecule has 2 N–H and O–H groups in total. The number of para-hydroxylation sites is 1. The van der Waals surface area contributed by atoms with E-state index in [9.17, 15) is 37.5 Å². The molecule has 49 heavy (non-hydrogen) atoms. The van der Waals surface area contributed by atoms with Gasteiger partial charge in [0.05, 0.1) is 12.6 Å². The van der Waals surface area contributed by atoms with E-state index in [1.165, 1.54) is 19.1 Å². The molecule has 0 saturated carbocycles. The van der Waals surface area contributed by atoms with E-state index in [1.54, 1.807) is 12.1 Å². The SMILES string of the molecule is CC(=N[C@H](C(=O)O)[C@H](CC(=O)N1CCOC1=O)c1c(F)c(F)c(F)c(F)c1F)c1ccccc1NC(=O)[C@@H]1CCCN1Cc1ccccc1. The van der Waals surface area contributed by atoms with Gasteiger partial charge in [0, 0.05) is 41.4 Å². The van der Waals surface area contributed by atoms with Crippen LogP contribution in [0.2, 0.25) is 0 Å². The van der Waals surface area contributed by atoms with Crippen molar-refractivity contribution in [2.45, 2.75) is 50.7 Å². The summed E-state index contributed by atoms with van der Waals surface area (Å²) in [6.45, 7) is 2.05. The zero-order chi connectivity index (χ0) is 35.4. The molecule has 3 amide bonds. The second-order valence-corrected chi connectivity index (χ2v) is 11.6. The molecule has 0 spiro atoms. The van der Waals surface area contributed by atoms with Crippen LogP contribution in [0, 0.1) is 29.1 Å². The smallest absolute Gasteiger partial charge is 0.416 e. The summed E-state index contributed by atoms with van der Waals surface area (Å²) in [7, 11) is 0. The minimum Gasteiger partial charge on any atom is -0.480 e. The number of benzene rings is 3. The zero-order valence-electron chi connectivity index (χ0n) is 26.1. The summed E-state index contributed by atoms with van der Waals surface area (Å²) in [6, 6.07) is 13.0. The van der Waals surface area contributed by atoms with Gasteiger partial charge in [-0.1, -0.05) is 48.5 Å². The Balaban J connectivity index is 1.49. The summed E-state index contributed by atoms with van der Waals surface area (Å²) in [5, 5.41) is 13.1. The first-order valence-electron chi connectivity index (χ1n) is 15.3. The average molecular weight is 687 g/mol. The first-order valence-corrected chi connectivity index (χ1v) is 15.3. The molecule has 0 unspecified atom stereocenters. The van der Waals surface area contributed by atoms with E-state index in [2.05, 4.69) is 10.3 Å². The van der Waals surface area contributed by atoms with Crippen molar-refractivity contribution in [3.63, 3.8) is 0 Å². The quantitative estimate of drug-likeness (QED) is 0.120. The minimum atomic E-state index is -2.48. The number of carbonyl (C=O) groups is 4. The molecule has 2 aliphatic heterocycles. The third-order valence-electron chi connectivity index (χ3n) is 8.51. The second-order valence-electron chi connectivity index (χ2n) is 11.6. The Morgan fingerprint density at radius 2 is 1.57 bits per heavy atom. The number of rotatable bonds is 11. The Hall–Kier alpha value is -5.18. The molecule has 0 radical (unpaired) electrons. The highest BCUT2D eigenvalue weighted by Crippen LogP contribution is 2.36. The maximum atomic E-state index is 15.1. The van der Waals surface area contributed by atoms with Gasteiger partial charge in [-0.25, -0.2) is 36.4 Å². The number of ether oxygens (including phenoxy) is 1. The molecule has 2 aliphatic rings. The van der Waals surface area contributed by atoms with Crippen LogP contribution in [-0.4, -0.2) is 76.3 Å². The van der Waals surface area contributed by atoms with Crippen LogP contribution in [-0.2, 0) is 25.7 Å². The van der Waals surface area contributed by atoms with Crippen molar-refractivity contribution >= 4 is 35.3 Å². The standard InChI is InChI=1S/C34H31F5N4O6/c1-18(20-10-5-6-11-22(20)41-32(45)23-12-7-13-42(23)17-19-8-3-2-4-9-19)40-31(33(46)47)21(16-24(44)43-14-15-49-34(43)48)25-26(35)28(37)30(39)29(38)27(25)36/h2-6,8-11,21,23,31H,7,12-17H2,1H3,(H,41,45)(H,46,47)/t21-,23+,31+/m1/s1. The van der Waals surface area contributed by atoms with Crippen molar-refractivity contribution in [1.29, 1.82) is 0 Å². The zero-order valence-corrected chi connectivity index (χ0v) is 26.1. The monoisotopic (exact) mass is 686 g/mol. The Labute approximate surface area is 277 Å². The predicted octanol–water partition coefficient (Wildman–Crippen LogP) is 5.40. The summed E-state index contributed by atoms with van der Waals surface area (Å²) in [4.78, 5) is 57.9. The Kier molecular flexibility index (Phi) is 10.7. The highest BCUT2D eigenvalue weighted by atomic mass is 19.2. The summed E-state index contributed by atoms with van der Waals surface area (Å²) < 4.78 is 77.6. The van der Waals surface area contributed by atoms with Crippen molar-refractivity contribution in [3.8, 4) is 0 Å². The molecule has 2 fully saturated rings. The van der Waals surface area contributed by atoms with Gasteiger partial charge >= 0.3 is 12.1 Å². The Morgan fingerprint density at radius 1 is 0.939 bits per heavy atom. The fourth-order valence-electron chi connectivity index (χ4n) is 6.09. The molecule has 2 saturated heterocycles. The van der Waals surface area contributed by atoms with Gasteiger partial charge in [0.2, 0.25) is 17.6 Å². The third-order valence-corrected chi connectivity index (χ3v) is 8.51. The van der Waals surface area contributed by atoms with E-state index in [1.807, 2.05) is 35.2 Å². The second kappa shape index (κ2) is 14.9. The molecular formula is C34H31F5N4O6. The molecule has 2 heterocycles. The van der Waals surface area contributed by atoms with Crippen molar-refractivity contribution in [2.24, 2.45) is 4.99 Å². The number of aliphatic carboxylic acids is 1. The van der Waals surface area contributed by atoms with Crippen LogP contribution in [0.15, 0.2) is 59.6 Å². The molecule has 5 rings (SSSR count). The molecule has 3 aromatic rings. The molecule has 0 aromatic heterocycles. The Bertz CT molecular complexity index is 1780. The minimum absolute atomic E-state index is 0.0993. The number of amides is 3. The first kappa shape index (κ1) is 35.1. The largest absolute Gasteiger partial charge is 0.480 e. The lowest BCUT2D eigenvalue weighted by Crippen LogP contribution is -2.39. The molecule has 258 valence electrons. The fraction of sp³-hybridized carbons (Fsp3) is 0.324. The van der Waals surface area contributed by atoms with Crippen LogP contribution in [0.3, 0.4) is 0 Å². The van der Waals surface area contributed by atoms with Crippen LogP contribution in [0.4, 0.5) is 32.4 Å². The van der Waals surface area contributed by atoms with Crippen LogP contribution in [0.1, 0.15) is 48.8 Å². The number of hydrogen-bond donors (Lipinski definition) is 2. The van der Waals surface area contributed by atoms with Crippen LogP contribution < -0.4 is 5.32 Å². The van der Waals surface area contributed by atoms with E-state index in [-0.39, 0.29) is 36.0 Å². The van der Waals surface area contributed by atoms with Gasteiger partial charge < -0.3 is 15.2 Å². The molecule has 3 aromatic carbocycles. The molecule has 0 aliphatic carbocycles. The fourth-order valence-corrected chi connectivity index (χ4v) is 6.09. The number of hydrogen-bond acceptors (Lipinski definition) is 7. The number of nitrogens with zero attached hydrogens (tertiary/aromatic N) is 3. The van der Waals surface area contributed by atoms with E-state index in [4.69, 9.17) is 4.74 Å². The van der Waals surface area contributed by atoms with Crippen molar-refractivity contribution < 1.29 is 51.0 Å². The number of anilines is 1. The van der Waals surface area contributed by atoms with E-state index in [0.29, 0.717) is 24.4 Å². The highest BCUT2D eigenvalue weighted by Gasteiger charge is 2.41. The Morgan fingerprint density at radius 3 is 2.20 bits per heavy atom. The van der Waals surface area contributed by atoms with Crippen LogP contribution >= 0.6 is 0 Å². The number of carboxylic acids is 1. The van der Waals surface area contributed by atoms with Gasteiger partial charge in [0.15, 0.2) is 29.3 Å². The summed E-state index contributed by atoms with van der Waals surface area (Å²) in [6.07, 6.45) is -0.947. The lowest BCUT2D eigenvalue weighted by molar-refractivity contribution is -0.139. The molecule has 0 bridgehead atoms. The van der Waals surface area contributed by atoms with Gasteiger partial charge in [-0.05, 0) is 37.9 Å². The van der Waals surface area contributed by atoms with E-state index in [0.717, 1.165) is 12.0 Å². The maximum absolute atomic E-state index is 15.1. The number of aliphatic imine (C=N–C) groups is 1. The summed E-state index contributed by atoms with van der Waals surface area (Å²) in [5.41, 5.74) is -0.248. The number of imide groups is 1. The number of nitrogens with one attached hydrogen (secondary N) is 1. The maximum Gasteiger partial charge on any atom is 0.416 e. The lowest BCUT2D eigenvalue weighted by atomic mass is 9.86. The van der Waals surface area contributed by atoms with Crippen molar-refractivity contribution in [1.82, 2.24) is 9.80 Å². The van der Waals surface area contributed by atoms with E-state index >= 15 is 8.78 Å². The van der Waals surface area contributed by atoms with Gasteiger partial charge in [-0.15, -0.1) is 0 Å². The molecule has 15 heteroatoms. The van der Waals surface area contributed by atoms with Crippen molar-refractivity contribution in [2.75, 3.05) is 25.0 Å². The summed E-state index contributed by atoms with van der Waals surface area (Å²) >= 11 is 0. The number of carboxylic acid groups (broad SMARTS) is 1. The van der Waals surface area contributed by atoms with E-state index < -0.39 is 77.0 Å². The van der Waals surface area contributed by atoms with Gasteiger partial charge in [-0.3, -0.25) is 19.5 Å². The van der Waals surface area contributed by atoms with Crippen molar-refractivity contribution in [3.05, 3.63) is 100 Å². The predicted molar refractivity (Wildman–Crippen MR) is 165 cm³/mol. The van der Waals surface area contributed by atoms with Crippen LogP contribution in [0.25, 0.3) is 0 Å². The normalized spacial score (nSPS) is 17.9. The highest BCUT2D eigenvalue weighted by molar-refractivity contribution is 6.08. The van der Waals surface area contributed by atoms with Gasteiger partial charge in [-0.2, -0.15) is 0 Å². The molecule has 3 atom stereocenters. The number of likely N-dealkylation sites (tertiary alicyclic amines) is 1. The number of carbonyl (C=O) groups excluding carboxylic acids is 3. The molecular weight excluding hydrogens is 655 g/mol. The number of cyclic esters (lactones) is 1. The van der Waals surface area contributed by atoms with Gasteiger partial charge in [0.1, 0.15) is 6.61 Å². The third kappa shape index (κ3) is 7.46. The molecule has 10 nitrogen and oxygen atoms in total. The first-order chi connectivity index (χ1) is 23.4. The average Bonchev–Trinajstić information content (AvgIpc) is 3.74.